The van der Waals surface area contributed by atoms with Crippen LogP contribution in [0.2, 0.25) is 0 Å². The summed E-state index contributed by atoms with van der Waals surface area (Å²) in [4.78, 5) is 20.5. The van der Waals surface area contributed by atoms with Gasteiger partial charge in [0.25, 0.3) is 5.89 Å². The van der Waals surface area contributed by atoms with Gasteiger partial charge in [-0.15, -0.1) is 0 Å². The zero-order valence-corrected chi connectivity index (χ0v) is 17.9. The molecule has 4 aromatic rings. The van der Waals surface area contributed by atoms with Crippen LogP contribution >= 0.6 is 0 Å². The fraction of sp³-hybridized carbons (Fsp3) is 0.120. The molecule has 0 aliphatic heterocycles. The number of rotatable bonds is 9. The second-order valence-electron chi connectivity index (χ2n) is 6.86. The SMILES string of the molecule is COc1ccc(-c2nc(COC(=O)/C=C/c3ccc(OCc4ccccn4)cc3)no2)cc1. The van der Waals surface area contributed by atoms with Crippen LogP contribution in [-0.4, -0.2) is 28.2 Å². The molecule has 0 saturated carbocycles. The predicted molar refractivity (Wildman–Crippen MR) is 120 cm³/mol. The number of nitrogens with zero attached hydrogens (tertiary/aromatic N) is 3. The molecule has 0 saturated heterocycles. The van der Waals surface area contributed by atoms with Crippen LogP contribution in [0.3, 0.4) is 0 Å². The number of hydrogen-bond donors (Lipinski definition) is 0. The summed E-state index contributed by atoms with van der Waals surface area (Å²) in [5.41, 5.74) is 2.42. The van der Waals surface area contributed by atoms with Crippen LogP contribution in [0.15, 0.2) is 83.5 Å². The lowest BCUT2D eigenvalue weighted by Crippen LogP contribution is -2.02. The van der Waals surface area contributed by atoms with Gasteiger partial charge < -0.3 is 18.7 Å². The molecule has 0 radical (unpaired) electrons. The lowest BCUT2D eigenvalue weighted by atomic mass is 10.2. The summed E-state index contributed by atoms with van der Waals surface area (Å²) in [6.07, 6.45) is 4.72. The van der Waals surface area contributed by atoms with Crippen molar-refractivity contribution in [2.45, 2.75) is 13.2 Å². The van der Waals surface area contributed by atoms with Gasteiger partial charge in [-0.1, -0.05) is 23.4 Å². The van der Waals surface area contributed by atoms with Crippen molar-refractivity contribution < 1.29 is 23.5 Å². The van der Waals surface area contributed by atoms with Crippen molar-refractivity contribution in [1.82, 2.24) is 15.1 Å². The van der Waals surface area contributed by atoms with E-state index in [-0.39, 0.29) is 12.4 Å². The highest BCUT2D eigenvalue weighted by molar-refractivity contribution is 5.87. The van der Waals surface area contributed by atoms with Gasteiger partial charge in [-0.05, 0) is 60.2 Å². The molecule has 8 heteroatoms. The first-order valence-electron chi connectivity index (χ1n) is 10.1. The second kappa shape index (κ2) is 10.7. The van der Waals surface area contributed by atoms with E-state index < -0.39 is 5.97 Å². The minimum Gasteiger partial charge on any atom is -0.497 e. The Hall–Kier alpha value is -4.46. The largest absolute Gasteiger partial charge is 0.497 e. The van der Waals surface area contributed by atoms with E-state index in [1.807, 2.05) is 42.5 Å². The Morgan fingerprint density at radius 3 is 2.48 bits per heavy atom. The molecule has 0 aliphatic rings. The van der Waals surface area contributed by atoms with Gasteiger partial charge in [0.1, 0.15) is 18.1 Å². The third-order valence-electron chi connectivity index (χ3n) is 4.55. The Bertz CT molecular complexity index is 1200. The molecular weight excluding hydrogens is 422 g/mol. The van der Waals surface area contributed by atoms with Crippen LogP contribution in [0.5, 0.6) is 11.5 Å². The van der Waals surface area contributed by atoms with E-state index in [0.29, 0.717) is 18.2 Å². The number of pyridine rings is 1. The van der Waals surface area contributed by atoms with Gasteiger partial charge in [0.15, 0.2) is 6.61 Å². The first kappa shape index (κ1) is 21.8. The Morgan fingerprint density at radius 1 is 0.970 bits per heavy atom. The zero-order valence-electron chi connectivity index (χ0n) is 17.9. The fourth-order valence-corrected chi connectivity index (χ4v) is 2.83. The molecule has 0 unspecified atom stereocenters. The standard InChI is InChI=1S/C25H21N3O5/c1-30-21-12-8-19(9-13-21)25-27-23(28-33-25)17-32-24(29)14-7-18-5-10-22(11-6-18)31-16-20-4-2-3-15-26-20/h2-15H,16-17H2,1H3/b14-7+. The maximum atomic E-state index is 12.0. The van der Waals surface area contributed by atoms with Gasteiger partial charge in [-0.3, -0.25) is 4.98 Å². The molecule has 2 heterocycles. The molecule has 0 aliphatic carbocycles. The zero-order chi connectivity index (χ0) is 22.9. The first-order valence-corrected chi connectivity index (χ1v) is 10.1. The molecule has 0 bridgehead atoms. The van der Waals surface area contributed by atoms with E-state index in [1.54, 1.807) is 43.6 Å². The van der Waals surface area contributed by atoms with Gasteiger partial charge in [-0.2, -0.15) is 4.98 Å². The number of hydrogen-bond acceptors (Lipinski definition) is 8. The molecule has 0 spiro atoms. The van der Waals surface area contributed by atoms with Crippen LogP contribution in [0.4, 0.5) is 0 Å². The highest BCUT2D eigenvalue weighted by Crippen LogP contribution is 2.21. The van der Waals surface area contributed by atoms with Gasteiger partial charge in [0, 0.05) is 17.8 Å². The molecule has 166 valence electrons. The van der Waals surface area contributed by atoms with Crippen molar-refractivity contribution in [3.8, 4) is 23.0 Å². The third-order valence-corrected chi connectivity index (χ3v) is 4.55. The molecule has 2 aromatic heterocycles. The quantitative estimate of drug-likeness (QED) is 0.276. The molecule has 0 amide bonds. The maximum Gasteiger partial charge on any atom is 0.331 e. The smallest absolute Gasteiger partial charge is 0.331 e. The summed E-state index contributed by atoms with van der Waals surface area (Å²) in [6, 6.07) is 20.2. The average Bonchev–Trinajstić information content (AvgIpc) is 3.35. The number of methoxy groups -OCH3 is 1. The fourth-order valence-electron chi connectivity index (χ4n) is 2.83. The number of ether oxygens (including phenoxy) is 3. The van der Waals surface area contributed by atoms with Gasteiger partial charge >= 0.3 is 5.97 Å². The average molecular weight is 443 g/mol. The third kappa shape index (κ3) is 6.27. The van der Waals surface area contributed by atoms with Crippen molar-refractivity contribution in [2.24, 2.45) is 0 Å². The summed E-state index contributed by atoms with van der Waals surface area (Å²) >= 11 is 0. The summed E-state index contributed by atoms with van der Waals surface area (Å²) in [5.74, 6) is 1.54. The molecule has 0 N–H and O–H groups in total. The lowest BCUT2D eigenvalue weighted by molar-refractivity contribution is -0.139. The molecular formula is C25H21N3O5. The molecule has 0 atom stereocenters. The lowest BCUT2D eigenvalue weighted by Gasteiger charge is -2.05. The summed E-state index contributed by atoms with van der Waals surface area (Å²) in [7, 11) is 1.59. The second-order valence-corrected chi connectivity index (χ2v) is 6.86. The molecule has 0 fully saturated rings. The van der Waals surface area contributed by atoms with Crippen LogP contribution in [-0.2, 0) is 22.7 Å². The monoisotopic (exact) mass is 443 g/mol. The van der Waals surface area contributed by atoms with E-state index >= 15 is 0 Å². The predicted octanol–water partition coefficient (Wildman–Crippen LogP) is 4.48. The molecule has 2 aromatic carbocycles. The van der Waals surface area contributed by atoms with E-state index in [1.165, 1.54) is 6.08 Å². The van der Waals surface area contributed by atoms with Crippen molar-refractivity contribution in [1.29, 1.82) is 0 Å². The topological polar surface area (TPSA) is 96.6 Å². The van der Waals surface area contributed by atoms with Gasteiger partial charge in [-0.25, -0.2) is 4.79 Å². The van der Waals surface area contributed by atoms with Crippen molar-refractivity contribution in [3.05, 3.63) is 96.1 Å². The first-order chi connectivity index (χ1) is 16.2. The molecule has 33 heavy (non-hydrogen) atoms. The van der Waals surface area contributed by atoms with Crippen LogP contribution in [0.1, 0.15) is 17.1 Å². The minimum absolute atomic E-state index is 0.0941. The van der Waals surface area contributed by atoms with Gasteiger partial charge in [0.2, 0.25) is 5.82 Å². The molecule has 8 nitrogen and oxygen atoms in total. The summed E-state index contributed by atoms with van der Waals surface area (Å²) in [5, 5.41) is 3.84. The van der Waals surface area contributed by atoms with E-state index in [0.717, 1.165) is 22.6 Å². The van der Waals surface area contributed by atoms with Crippen LogP contribution in [0, 0.1) is 0 Å². The van der Waals surface area contributed by atoms with Crippen molar-refractivity contribution >= 4 is 12.0 Å². The van der Waals surface area contributed by atoms with Crippen LogP contribution in [0.25, 0.3) is 17.5 Å². The number of esters is 1. The Morgan fingerprint density at radius 2 is 1.76 bits per heavy atom. The van der Waals surface area contributed by atoms with E-state index in [2.05, 4.69) is 15.1 Å². The van der Waals surface area contributed by atoms with Crippen molar-refractivity contribution in [2.75, 3.05) is 7.11 Å². The number of benzene rings is 2. The van der Waals surface area contributed by atoms with E-state index in [4.69, 9.17) is 18.7 Å². The Balaban J connectivity index is 1.25. The Labute approximate surface area is 190 Å². The minimum atomic E-state index is -0.513. The Kier molecular flexibility index (Phi) is 7.07. The summed E-state index contributed by atoms with van der Waals surface area (Å²) in [6.45, 7) is 0.293. The number of aromatic nitrogens is 3. The highest BCUT2D eigenvalue weighted by Gasteiger charge is 2.10. The van der Waals surface area contributed by atoms with Crippen molar-refractivity contribution in [3.63, 3.8) is 0 Å². The van der Waals surface area contributed by atoms with Crippen LogP contribution < -0.4 is 9.47 Å². The normalized spacial score (nSPS) is 10.8. The number of carbonyl (C=O) groups is 1. The maximum absolute atomic E-state index is 12.0. The molecule has 4 rings (SSSR count). The summed E-state index contributed by atoms with van der Waals surface area (Å²) < 4.78 is 21.2. The highest BCUT2D eigenvalue weighted by atomic mass is 16.5. The number of carbonyl (C=O) groups excluding carboxylic acids is 1. The van der Waals surface area contributed by atoms with Gasteiger partial charge in [0.05, 0.1) is 12.8 Å². The van der Waals surface area contributed by atoms with E-state index in [9.17, 15) is 4.79 Å².